The largest absolute Gasteiger partial charge is 0.375 e. The SMILES string of the molecule is Nc1nc(-c2ccc(F)c(Cl)c2)c(-c2ccc3ncccc3n2)s1. The molecule has 4 nitrogen and oxygen atoms in total. The van der Waals surface area contributed by atoms with E-state index in [4.69, 9.17) is 17.3 Å². The van der Waals surface area contributed by atoms with Gasteiger partial charge in [-0.25, -0.2) is 14.4 Å². The van der Waals surface area contributed by atoms with E-state index >= 15 is 0 Å². The number of hydrogen-bond acceptors (Lipinski definition) is 5. The van der Waals surface area contributed by atoms with Crippen LogP contribution in [0.3, 0.4) is 0 Å². The summed E-state index contributed by atoms with van der Waals surface area (Å²) in [6.45, 7) is 0. The van der Waals surface area contributed by atoms with Crippen LogP contribution < -0.4 is 5.73 Å². The second-order valence-corrected chi connectivity index (χ2v) is 6.53. The molecule has 4 rings (SSSR count). The average molecular weight is 357 g/mol. The van der Waals surface area contributed by atoms with E-state index in [1.807, 2.05) is 24.3 Å². The zero-order valence-corrected chi connectivity index (χ0v) is 13.8. The van der Waals surface area contributed by atoms with Gasteiger partial charge < -0.3 is 5.73 Å². The average Bonchev–Trinajstić information content (AvgIpc) is 2.99. The van der Waals surface area contributed by atoms with Gasteiger partial charge in [-0.05, 0) is 42.5 Å². The Hall–Kier alpha value is -2.57. The normalized spacial score (nSPS) is 11.1. The molecule has 3 heterocycles. The number of nitrogens with zero attached hydrogens (tertiary/aromatic N) is 3. The zero-order chi connectivity index (χ0) is 16.7. The Morgan fingerprint density at radius 2 is 1.92 bits per heavy atom. The van der Waals surface area contributed by atoms with Crippen LogP contribution in [0.4, 0.5) is 9.52 Å². The fourth-order valence-electron chi connectivity index (χ4n) is 2.43. The Morgan fingerprint density at radius 1 is 1.04 bits per heavy atom. The maximum atomic E-state index is 13.4. The lowest BCUT2D eigenvalue weighted by atomic mass is 10.1. The lowest BCUT2D eigenvalue weighted by Crippen LogP contribution is -1.89. The monoisotopic (exact) mass is 356 g/mol. The van der Waals surface area contributed by atoms with Crippen molar-refractivity contribution in [3.63, 3.8) is 0 Å². The van der Waals surface area contributed by atoms with Crippen molar-refractivity contribution in [2.75, 3.05) is 5.73 Å². The first-order valence-electron chi connectivity index (χ1n) is 7.06. The summed E-state index contributed by atoms with van der Waals surface area (Å²) in [7, 11) is 0. The van der Waals surface area contributed by atoms with Crippen LogP contribution >= 0.6 is 22.9 Å². The minimum Gasteiger partial charge on any atom is -0.375 e. The van der Waals surface area contributed by atoms with E-state index in [0.29, 0.717) is 16.4 Å². The van der Waals surface area contributed by atoms with E-state index in [-0.39, 0.29) is 5.02 Å². The molecule has 4 aromatic rings. The van der Waals surface area contributed by atoms with Gasteiger partial charge >= 0.3 is 0 Å². The highest BCUT2D eigenvalue weighted by Crippen LogP contribution is 2.38. The molecular formula is C17H10ClFN4S. The van der Waals surface area contributed by atoms with Crippen molar-refractivity contribution < 1.29 is 4.39 Å². The van der Waals surface area contributed by atoms with Crippen molar-refractivity contribution in [1.29, 1.82) is 0 Å². The van der Waals surface area contributed by atoms with Crippen molar-refractivity contribution in [2.45, 2.75) is 0 Å². The van der Waals surface area contributed by atoms with E-state index in [1.54, 1.807) is 12.3 Å². The Balaban J connectivity index is 1.90. The summed E-state index contributed by atoms with van der Waals surface area (Å²) in [5.41, 5.74) is 9.55. The molecule has 0 spiro atoms. The van der Waals surface area contributed by atoms with Crippen molar-refractivity contribution in [1.82, 2.24) is 15.0 Å². The highest BCUT2D eigenvalue weighted by atomic mass is 35.5. The van der Waals surface area contributed by atoms with Crippen molar-refractivity contribution in [3.8, 4) is 21.8 Å². The molecule has 3 aromatic heterocycles. The van der Waals surface area contributed by atoms with E-state index in [9.17, 15) is 4.39 Å². The summed E-state index contributed by atoms with van der Waals surface area (Å²) >= 11 is 7.22. The molecule has 0 aliphatic rings. The fraction of sp³-hybridized carbons (Fsp3) is 0. The van der Waals surface area contributed by atoms with Crippen LogP contribution in [0.15, 0.2) is 48.7 Å². The molecule has 0 atom stereocenters. The number of thiazole rings is 1. The molecule has 1 aromatic carbocycles. The molecule has 0 aliphatic heterocycles. The Morgan fingerprint density at radius 3 is 2.75 bits per heavy atom. The number of aromatic nitrogens is 3. The highest BCUT2D eigenvalue weighted by Gasteiger charge is 2.16. The molecule has 0 saturated heterocycles. The molecule has 0 fully saturated rings. The number of hydrogen-bond donors (Lipinski definition) is 1. The second-order valence-electron chi connectivity index (χ2n) is 5.10. The van der Waals surface area contributed by atoms with E-state index in [1.165, 1.54) is 23.5 Å². The van der Waals surface area contributed by atoms with Gasteiger partial charge in [0.25, 0.3) is 0 Å². The number of anilines is 1. The van der Waals surface area contributed by atoms with Crippen LogP contribution in [0.25, 0.3) is 32.9 Å². The lowest BCUT2D eigenvalue weighted by Gasteiger charge is -2.04. The van der Waals surface area contributed by atoms with Crippen LogP contribution in [-0.4, -0.2) is 15.0 Å². The van der Waals surface area contributed by atoms with Gasteiger partial charge in [-0.1, -0.05) is 22.9 Å². The van der Waals surface area contributed by atoms with Gasteiger partial charge in [0.1, 0.15) is 5.82 Å². The number of nitrogens with two attached hydrogens (primary N) is 1. The van der Waals surface area contributed by atoms with Gasteiger partial charge in [0.05, 0.1) is 32.3 Å². The topological polar surface area (TPSA) is 64.7 Å². The van der Waals surface area contributed by atoms with Crippen LogP contribution in [0.1, 0.15) is 0 Å². The second kappa shape index (κ2) is 5.81. The van der Waals surface area contributed by atoms with E-state index < -0.39 is 5.82 Å². The molecule has 0 aliphatic carbocycles. The highest BCUT2D eigenvalue weighted by molar-refractivity contribution is 7.19. The predicted octanol–water partition coefficient (Wildman–Crippen LogP) is 4.80. The molecular weight excluding hydrogens is 347 g/mol. The molecule has 7 heteroatoms. The first-order chi connectivity index (χ1) is 11.6. The van der Waals surface area contributed by atoms with Crippen molar-refractivity contribution in [3.05, 3.63) is 59.5 Å². The lowest BCUT2D eigenvalue weighted by molar-refractivity contribution is 0.628. The van der Waals surface area contributed by atoms with Crippen LogP contribution in [0, 0.1) is 5.82 Å². The molecule has 24 heavy (non-hydrogen) atoms. The third kappa shape index (κ3) is 2.60. The van der Waals surface area contributed by atoms with E-state index in [2.05, 4.69) is 15.0 Å². The minimum atomic E-state index is -0.472. The Kier molecular flexibility index (Phi) is 3.63. The van der Waals surface area contributed by atoms with Crippen molar-refractivity contribution >= 4 is 39.1 Å². The maximum absolute atomic E-state index is 13.4. The number of halogens is 2. The van der Waals surface area contributed by atoms with Crippen molar-refractivity contribution in [2.24, 2.45) is 0 Å². The molecule has 0 amide bonds. The third-order valence-electron chi connectivity index (χ3n) is 3.53. The quantitative estimate of drug-likeness (QED) is 0.560. The fourth-order valence-corrected chi connectivity index (χ4v) is 3.44. The standard InChI is InChI=1S/C17H10ClFN4S/c18-10-8-9(3-4-11(10)19)15-16(24-17(20)23-15)14-6-5-12-13(22-14)2-1-7-21-12/h1-8H,(H2,20,23). The number of nitrogen functional groups attached to an aromatic ring is 1. The number of pyridine rings is 2. The Labute approximate surface area is 145 Å². The van der Waals surface area contributed by atoms with Crippen LogP contribution in [-0.2, 0) is 0 Å². The summed E-state index contributed by atoms with van der Waals surface area (Å²) in [4.78, 5) is 14.1. The molecule has 0 unspecified atom stereocenters. The van der Waals surface area contributed by atoms with Crippen LogP contribution in [0.5, 0.6) is 0 Å². The number of benzene rings is 1. The van der Waals surface area contributed by atoms with Gasteiger partial charge in [-0.2, -0.15) is 0 Å². The van der Waals surface area contributed by atoms with Gasteiger partial charge in [-0.3, -0.25) is 4.98 Å². The van der Waals surface area contributed by atoms with Gasteiger partial charge in [-0.15, -0.1) is 0 Å². The first kappa shape index (κ1) is 15.0. The predicted molar refractivity (Wildman–Crippen MR) is 95.5 cm³/mol. The zero-order valence-electron chi connectivity index (χ0n) is 12.2. The van der Waals surface area contributed by atoms with Gasteiger partial charge in [0, 0.05) is 11.8 Å². The van der Waals surface area contributed by atoms with Gasteiger partial charge in [0.15, 0.2) is 5.13 Å². The smallest absolute Gasteiger partial charge is 0.181 e. The minimum absolute atomic E-state index is 0.0423. The Bertz CT molecular complexity index is 1060. The molecule has 0 radical (unpaired) electrons. The summed E-state index contributed by atoms with van der Waals surface area (Å²) in [6, 6.07) is 12.0. The number of rotatable bonds is 2. The molecule has 0 saturated carbocycles. The van der Waals surface area contributed by atoms with Crippen LogP contribution in [0.2, 0.25) is 5.02 Å². The summed E-state index contributed by atoms with van der Waals surface area (Å²) < 4.78 is 13.4. The first-order valence-corrected chi connectivity index (χ1v) is 8.25. The number of fused-ring (bicyclic) bond motifs is 1. The molecule has 118 valence electrons. The summed E-state index contributed by atoms with van der Waals surface area (Å²) in [5, 5.41) is 0.453. The third-order valence-corrected chi connectivity index (χ3v) is 4.72. The van der Waals surface area contributed by atoms with E-state index in [0.717, 1.165) is 21.6 Å². The maximum Gasteiger partial charge on any atom is 0.181 e. The van der Waals surface area contributed by atoms with Gasteiger partial charge in [0.2, 0.25) is 0 Å². The summed E-state index contributed by atoms with van der Waals surface area (Å²) in [5.74, 6) is -0.472. The molecule has 0 bridgehead atoms. The summed E-state index contributed by atoms with van der Waals surface area (Å²) in [6.07, 6.45) is 1.72. The molecule has 2 N–H and O–H groups in total.